The third-order valence-corrected chi connectivity index (χ3v) is 7.53. The SMILES string of the molecule is CC(C(=O)OCC(=O)N1CCCCC1C(N)=O)S(=O)(=O)C1CCOCC1. The van der Waals surface area contributed by atoms with Crippen LogP contribution in [0.2, 0.25) is 0 Å². The number of primary amides is 1. The van der Waals surface area contributed by atoms with Gasteiger partial charge in [-0.2, -0.15) is 0 Å². The second kappa shape index (κ2) is 8.81. The molecule has 0 aromatic heterocycles. The molecule has 0 aliphatic carbocycles. The van der Waals surface area contributed by atoms with E-state index >= 15 is 0 Å². The molecule has 2 unspecified atom stereocenters. The molecule has 0 aromatic rings. The van der Waals surface area contributed by atoms with E-state index in [1.54, 1.807) is 0 Å². The van der Waals surface area contributed by atoms with Crippen molar-refractivity contribution in [2.75, 3.05) is 26.4 Å². The zero-order valence-electron chi connectivity index (χ0n) is 14.9. The first-order valence-electron chi connectivity index (χ1n) is 8.81. The molecule has 2 N–H and O–H groups in total. The lowest BCUT2D eigenvalue weighted by atomic mass is 10.0. The van der Waals surface area contributed by atoms with Gasteiger partial charge in [0.15, 0.2) is 21.7 Å². The van der Waals surface area contributed by atoms with Crippen molar-refractivity contribution in [2.45, 2.75) is 55.6 Å². The molecule has 2 rings (SSSR count). The Balaban J connectivity index is 1.92. The number of ether oxygens (including phenoxy) is 2. The Bertz CT molecular complexity index is 643. The second-order valence-electron chi connectivity index (χ2n) is 6.65. The van der Waals surface area contributed by atoms with Gasteiger partial charge in [0.05, 0.1) is 5.25 Å². The summed E-state index contributed by atoms with van der Waals surface area (Å²) in [4.78, 5) is 37.2. The number of nitrogens with zero attached hydrogens (tertiary/aromatic N) is 1. The Morgan fingerprint density at radius 3 is 2.46 bits per heavy atom. The predicted molar refractivity (Wildman–Crippen MR) is 91.7 cm³/mol. The van der Waals surface area contributed by atoms with Gasteiger partial charge in [0.2, 0.25) is 5.91 Å². The fraction of sp³-hybridized carbons (Fsp3) is 0.812. The lowest BCUT2D eigenvalue weighted by Crippen LogP contribution is -2.52. The summed E-state index contributed by atoms with van der Waals surface area (Å²) in [6, 6.07) is -0.710. The molecule has 2 saturated heterocycles. The molecule has 2 fully saturated rings. The molecule has 0 radical (unpaired) electrons. The topological polar surface area (TPSA) is 133 Å². The Morgan fingerprint density at radius 1 is 1.19 bits per heavy atom. The lowest BCUT2D eigenvalue weighted by molar-refractivity contribution is -0.154. The fourth-order valence-corrected chi connectivity index (χ4v) is 5.05. The van der Waals surface area contributed by atoms with E-state index < -0.39 is 50.8 Å². The van der Waals surface area contributed by atoms with Gasteiger partial charge in [0.25, 0.3) is 5.91 Å². The molecule has 9 nitrogen and oxygen atoms in total. The molecule has 0 aromatic carbocycles. The number of carbonyl (C=O) groups excluding carboxylic acids is 3. The largest absolute Gasteiger partial charge is 0.455 e. The Kier molecular flexibility index (Phi) is 6.99. The van der Waals surface area contributed by atoms with Crippen molar-refractivity contribution in [1.82, 2.24) is 4.90 Å². The van der Waals surface area contributed by atoms with Gasteiger partial charge in [0, 0.05) is 19.8 Å². The minimum atomic E-state index is -3.71. The van der Waals surface area contributed by atoms with Crippen molar-refractivity contribution in [3.05, 3.63) is 0 Å². The van der Waals surface area contributed by atoms with Crippen LogP contribution in [-0.2, 0) is 33.7 Å². The van der Waals surface area contributed by atoms with Crippen LogP contribution < -0.4 is 5.73 Å². The number of hydrogen-bond acceptors (Lipinski definition) is 7. The molecular formula is C16H26N2O7S. The summed E-state index contributed by atoms with van der Waals surface area (Å²) in [6.45, 7) is 1.71. The minimum Gasteiger partial charge on any atom is -0.455 e. The highest BCUT2D eigenvalue weighted by atomic mass is 32.2. The number of amides is 2. The molecule has 2 aliphatic heterocycles. The first-order valence-corrected chi connectivity index (χ1v) is 10.4. The maximum Gasteiger partial charge on any atom is 0.324 e. The third kappa shape index (κ3) is 4.73. The van der Waals surface area contributed by atoms with Crippen LogP contribution in [0.3, 0.4) is 0 Å². The molecule has 10 heteroatoms. The van der Waals surface area contributed by atoms with E-state index in [1.807, 2.05) is 0 Å². The summed E-state index contributed by atoms with van der Waals surface area (Å²) in [5.41, 5.74) is 5.31. The van der Waals surface area contributed by atoms with Crippen LogP contribution in [-0.4, -0.2) is 74.0 Å². The van der Waals surface area contributed by atoms with Crippen LogP contribution in [0.5, 0.6) is 0 Å². The van der Waals surface area contributed by atoms with Gasteiger partial charge in [0.1, 0.15) is 6.04 Å². The van der Waals surface area contributed by atoms with E-state index in [0.717, 1.165) is 12.8 Å². The third-order valence-electron chi connectivity index (χ3n) is 4.95. The van der Waals surface area contributed by atoms with Crippen LogP contribution in [0.4, 0.5) is 0 Å². The maximum atomic E-state index is 12.5. The molecule has 2 aliphatic rings. The van der Waals surface area contributed by atoms with E-state index in [9.17, 15) is 22.8 Å². The van der Waals surface area contributed by atoms with E-state index in [1.165, 1.54) is 11.8 Å². The van der Waals surface area contributed by atoms with Crippen LogP contribution >= 0.6 is 0 Å². The number of carbonyl (C=O) groups is 3. The highest BCUT2D eigenvalue weighted by Crippen LogP contribution is 2.21. The van der Waals surface area contributed by atoms with E-state index in [4.69, 9.17) is 15.2 Å². The number of sulfone groups is 1. The lowest BCUT2D eigenvalue weighted by Gasteiger charge is -2.33. The molecule has 148 valence electrons. The standard InChI is InChI=1S/C16H26N2O7S/c1-11(26(22,23)12-5-8-24-9-6-12)16(21)25-10-14(19)18-7-3-2-4-13(18)15(17)20/h11-13H,2-10H2,1H3,(H2,17,20). The summed E-state index contributed by atoms with van der Waals surface area (Å²) in [6.07, 6.45) is 2.68. The van der Waals surface area contributed by atoms with Crippen molar-refractivity contribution in [3.63, 3.8) is 0 Å². The van der Waals surface area contributed by atoms with Gasteiger partial charge in [-0.25, -0.2) is 8.42 Å². The average Bonchev–Trinajstić information content (AvgIpc) is 2.65. The van der Waals surface area contributed by atoms with Gasteiger partial charge in [-0.3, -0.25) is 14.4 Å². The van der Waals surface area contributed by atoms with Crippen molar-refractivity contribution < 1.29 is 32.3 Å². The summed E-state index contributed by atoms with van der Waals surface area (Å²) in [5.74, 6) is -2.10. The number of rotatable bonds is 6. The number of piperidine rings is 1. The number of likely N-dealkylation sites (tertiary alicyclic amines) is 1. The smallest absolute Gasteiger partial charge is 0.324 e. The van der Waals surface area contributed by atoms with Crippen molar-refractivity contribution in [1.29, 1.82) is 0 Å². The number of nitrogens with two attached hydrogens (primary N) is 1. The molecule has 2 heterocycles. The summed E-state index contributed by atoms with van der Waals surface area (Å²) >= 11 is 0. The Morgan fingerprint density at radius 2 is 1.85 bits per heavy atom. The van der Waals surface area contributed by atoms with E-state index in [2.05, 4.69) is 0 Å². The monoisotopic (exact) mass is 390 g/mol. The molecule has 0 saturated carbocycles. The zero-order valence-corrected chi connectivity index (χ0v) is 15.7. The molecule has 0 spiro atoms. The van der Waals surface area contributed by atoms with Crippen molar-refractivity contribution >= 4 is 27.6 Å². The number of hydrogen-bond donors (Lipinski definition) is 1. The van der Waals surface area contributed by atoms with E-state index in [0.29, 0.717) is 39.0 Å². The zero-order chi connectivity index (χ0) is 19.3. The molecule has 0 bridgehead atoms. The van der Waals surface area contributed by atoms with Gasteiger partial charge in [-0.1, -0.05) is 0 Å². The minimum absolute atomic E-state index is 0.340. The second-order valence-corrected chi connectivity index (χ2v) is 9.20. The Hall–Kier alpha value is -1.68. The first kappa shape index (κ1) is 20.6. The average molecular weight is 390 g/mol. The van der Waals surface area contributed by atoms with E-state index in [-0.39, 0.29) is 0 Å². The molecule has 26 heavy (non-hydrogen) atoms. The fourth-order valence-electron chi connectivity index (χ4n) is 3.29. The quantitative estimate of drug-likeness (QED) is 0.597. The molecular weight excluding hydrogens is 364 g/mol. The summed E-state index contributed by atoms with van der Waals surface area (Å²) in [5, 5.41) is -2.00. The van der Waals surface area contributed by atoms with Gasteiger partial charge < -0.3 is 20.1 Å². The predicted octanol–water partition coefficient (Wildman–Crippen LogP) is -0.622. The van der Waals surface area contributed by atoms with Crippen LogP contribution in [0.15, 0.2) is 0 Å². The van der Waals surface area contributed by atoms with Crippen LogP contribution in [0.25, 0.3) is 0 Å². The molecule has 2 atom stereocenters. The van der Waals surface area contributed by atoms with Crippen molar-refractivity contribution in [3.8, 4) is 0 Å². The maximum absolute atomic E-state index is 12.5. The van der Waals surface area contributed by atoms with Crippen molar-refractivity contribution in [2.24, 2.45) is 5.73 Å². The number of esters is 1. The van der Waals surface area contributed by atoms with Gasteiger partial charge >= 0.3 is 5.97 Å². The van der Waals surface area contributed by atoms with Gasteiger partial charge in [-0.05, 0) is 39.0 Å². The first-order chi connectivity index (χ1) is 12.2. The normalized spacial score (nSPS) is 23.3. The van der Waals surface area contributed by atoms with Crippen LogP contribution in [0, 0.1) is 0 Å². The van der Waals surface area contributed by atoms with Gasteiger partial charge in [-0.15, -0.1) is 0 Å². The highest BCUT2D eigenvalue weighted by Gasteiger charge is 2.38. The Labute approximate surface area is 153 Å². The summed E-state index contributed by atoms with van der Waals surface area (Å²) < 4.78 is 35.1. The highest BCUT2D eigenvalue weighted by molar-refractivity contribution is 7.93. The van der Waals surface area contributed by atoms with Crippen LogP contribution in [0.1, 0.15) is 39.0 Å². The molecule has 2 amide bonds. The summed E-state index contributed by atoms with van der Waals surface area (Å²) in [7, 11) is -3.71.